The summed E-state index contributed by atoms with van der Waals surface area (Å²) in [6.07, 6.45) is 3.55. The van der Waals surface area contributed by atoms with Gasteiger partial charge in [0.05, 0.1) is 50.6 Å². The molecule has 13 nitrogen and oxygen atoms in total. The lowest BCUT2D eigenvalue weighted by Crippen LogP contribution is -2.47. The molecule has 4 atom stereocenters. The number of hydrogen-bond donors (Lipinski definition) is 4. The number of aliphatic hydroxyl groups excluding tert-OH is 2. The van der Waals surface area contributed by atoms with Crippen molar-refractivity contribution in [2.45, 2.75) is 56.8 Å². The number of aromatic nitrogens is 3. The van der Waals surface area contributed by atoms with Crippen LogP contribution in [0, 0.1) is 0 Å². The summed E-state index contributed by atoms with van der Waals surface area (Å²) in [5.74, 6) is 1.56. The third kappa shape index (κ3) is 6.71. The molecule has 0 spiro atoms. The number of nitrogens with zero attached hydrogens (tertiary/aromatic N) is 7. The molecule has 0 aliphatic carbocycles. The number of urea groups is 1. The van der Waals surface area contributed by atoms with Crippen LogP contribution in [0.25, 0.3) is 11.4 Å². The minimum Gasteiger partial charge on any atom is -0.394 e. The van der Waals surface area contributed by atoms with E-state index in [-0.39, 0.29) is 43.4 Å². The number of rotatable bonds is 9. The molecule has 4 aliphatic rings. The van der Waals surface area contributed by atoms with Gasteiger partial charge in [-0.05, 0) is 80.8 Å². The van der Waals surface area contributed by atoms with Gasteiger partial charge in [0.15, 0.2) is 5.82 Å². The van der Waals surface area contributed by atoms with Gasteiger partial charge in [-0.2, -0.15) is 15.0 Å². The Kier molecular flexibility index (Phi) is 9.39. The third-order valence-corrected chi connectivity index (χ3v) is 10.1. The van der Waals surface area contributed by atoms with E-state index in [9.17, 15) is 15.0 Å². The number of hydrogen-bond acceptors (Lipinski definition) is 11. The zero-order valence-electron chi connectivity index (χ0n) is 27.0. The summed E-state index contributed by atoms with van der Waals surface area (Å²) < 4.78 is 5.81. The first-order valence-electron chi connectivity index (χ1n) is 16.9. The van der Waals surface area contributed by atoms with E-state index in [0.717, 1.165) is 75.3 Å². The minimum atomic E-state index is -0.325. The van der Waals surface area contributed by atoms with Gasteiger partial charge in [0.2, 0.25) is 11.9 Å². The average Bonchev–Trinajstić information content (AvgIpc) is 3.65. The van der Waals surface area contributed by atoms with Crippen molar-refractivity contribution in [3.05, 3.63) is 48.5 Å². The van der Waals surface area contributed by atoms with E-state index in [4.69, 9.17) is 19.7 Å². The molecule has 2 bridgehead atoms. The van der Waals surface area contributed by atoms with Crippen molar-refractivity contribution in [2.75, 3.05) is 84.5 Å². The van der Waals surface area contributed by atoms with Gasteiger partial charge in [0.1, 0.15) is 0 Å². The van der Waals surface area contributed by atoms with Gasteiger partial charge >= 0.3 is 6.03 Å². The van der Waals surface area contributed by atoms with Crippen molar-refractivity contribution in [3.63, 3.8) is 0 Å². The van der Waals surface area contributed by atoms with Crippen molar-refractivity contribution in [1.29, 1.82) is 0 Å². The molecule has 0 radical (unpaired) electrons. The maximum absolute atomic E-state index is 12.9. The van der Waals surface area contributed by atoms with Gasteiger partial charge in [-0.3, -0.25) is 0 Å². The van der Waals surface area contributed by atoms with Crippen LogP contribution >= 0.6 is 0 Å². The maximum Gasteiger partial charge on any atom is 0.323 e. The smallest absolute Gasteiger partial charge is 0.323 e. The Labute approximate surface area is 275 Å². The Morgan fingerprint density at radius 3 is 1.87 bits per heavy atom. The number of fused-ring (bicyclic) bond motifs is 2. The standard InChI is InChI=1S/C34H45N9O4/c1-2-40-15-17-41(18-16-40)26-9-7-25(8-10-26)36-34(46)35-24-5-3-23(4-6-24)31-37-32(42-27(19-44)11-12-28(42)20-45)39-33(38-31)43-29-13-14-30(43)22-47-21-29/h3-10,27-30,44-45H,2,11-22H2,1H3,(H2,35,36,46). The molecule has 4 saturated heterocycles. The Morgan fingerprint density at radius 2 is 1.32 bits per heavy atom. The summed E-state index contributed by atoms with van der Waals surface area (Å²) in [6.45, 7) is 8.60. The molecule has 2 amide bonds. The number of ether oxygens (including phenoxy) is 1. The topological polar surface area (TPSA) is 142 Å². The van der Waals surface area contributed by atoms with Crippen LogP contribution in [0.5, 0.6) is 0 Å². The number of aliphatic hydroxyl groups is 2. The molecule has 2 aromatic carbocycles. The van der Waals surface area contributed by atoms with Gasteiger partial charge < -0.3 is 45.2 Å². The summed E-state index contributed by atoms with van der Waals surface area (Å²) >= 11 is 0. The average molecular weight is 644 g/mol. The van der Waals surface area contributed by atoms with Gasteiger partial charge in [0.25, 0.3) is 0 Å². The molecule has 4 unspecified atom stereocenters. The highest BCUT2D eigenvalue weighted by Gasteiger charge is 2.41. The number of anilines is 5. The van der Waals surface area contributed by atoms with E-state index in [1.165, 1.54) is 0 Å². The zero-order chi connectivity index (χ0) is 32.3. The summed E-state index contributed by atoms with van der Waals surface area (Å²) in [5, 5.41) is 26.1. The highest BCUT2D eigenvalue weighted by atomic mass is 16.5. The van der Waals surface area contributed by atoms with E-state index in [0.29, 0.717) is 36.6 Å². The number of likely N-dealkylation sites (N-methyl/N-ethyl adjacent to an activating group) is 1. The van der Waals surface area contributed by atoms with E-state index in [1.807, 2.05) is 41.3 Å². The minimum absolute atomic E-state index is 0.0431. The van der Waals surface area contributed by atoms with E-state index in [1.54, 1.807) is 0 Å². The predicted molar refractivity (Wildman–Crippen MR) is 182 cm³/mol. The van der Waals surface area contributed by atoms with Crippen LogP contribution < -0.4 is 25.3 Å². The van der Waals surface area contributed by atoms with Gasteiger partial charge in [0, 0.05) is 48.8 Å². The Hall–Kier alpha value is -4.04. The normalized spacial score (nSPS) is 24.5. The largest absolute Gasteiger partial charge is 0.394 e. The van der Waals surface area contributed by atoms with Crippen LogP contribution in [0.2, 0.25) is 0 Å². The molecule has 3 aromatic rings. The second-order valence-corrected chi connectivity index (χ2v) is 12.9. The molecule has 1 aromatic heterocycles. The van der Waals surface area contributed by atoms with Gasteiger partial charge in [-0.25, -0.2) is 4.79 Å². The fourth-order valence-electron chi connectivity index (χ4n) is 7.39. The molecule has 250 valence electrons. The molecule has 4 aliphatic heterocycles. The zero-order valence-corrected chi connectivity index (χ0v) is 27.0. The Bertz CT molecular complexity index is 1490. The first-order chi connectivity index (χ1) is 23.0. The monoisotopic (exact) mass is 643 g/mol. The molecular formula is C34H45N9O4. The second-order valence-electron chi connectivity index (χ2n) is 12.9. The van der Waals surface area contributed by atoms with E-state index >= 15 is 0 Å². The molecule has 47 heavy (non-hydrogen) atoms. The van der Waals surface area contributed by atoms with Crippen LogP contribution in [0.4, 0.5) is 33.8 Å². The van der Waals surface area contributed by atoms with Crippen molar-refractivity contribution in [2.24, 2.45) is 0 Å². The highest BCUT2D eigenvalue weighted by Crippen LogP contribution is 2.36. The molecule has 4 N–H and O–H groups in total. The summed E-state index contributed by atoms with van der Waals surface area (Å²) in [6, 6.07) is 15.2. The third-order valence-electron chi connectivity index (χ3n) is 10.1. The quantitative estimate of drug-likeness (QED) is 0.273. The molecule has 5 heterocycles. The van der Waals surface area contributed by atoms with Crippen molar-refractivity contribution < 1.29 is 19.7 Å². The van der Waals surface area contributed by atoms with Crippen LogP contribution in [-0.4, -0.2) is 119 Å². The first kappa shape index (κ1) is 31.6. The summed E-state index contributed by atoms with van der Waals surface area (Å²) in [7, 11) is 0. The van der Waals surface area contributed by atoms with Crippen molar-refractivity contribution in [3.8, 4) is 11.4 Å². The number of morpholine rings is 1. The lowest BCUT2D eigenvalue weighted by atomic mass is 10.2. The van der Waals surface area contributed by atoms with Crippen LogP contribution in [0.15, 0.2) is 48.5 Å². The Balaban J connectivity index is 1.06. The number of benzene rings is 2. The molecule has 13 heteroatoms. The lowest BCUT2D eigenvalue weighted by Gasteiger charge is -2.36. The number of carbonyl (C=O) groups excluding carboxylic acids is 1. The Morgan fingerprint density at radius 1 is 0.766 bits per heavy atom. The molecule has 7 rings (SSSR count). The number of amides is 2. The van der Waals surface area contributed by atoms with E-state index in [2.05, 4.69) is 44.4 Å². The fraction of sp³-hybridized carbons (Fsp3) is 0.529. The fourth-order valence-corrected chi connectivity index (χ4v) is 7.39. The van der Waals surface area contributed by atoms with Crippen LogP contribution in [0.3, 0.4) is 0 Å². The SMILES string of the molecule is CCN1CCN(c2ccc(NC(=O)Nc3ccc(-c4nc(N5C(CO)CCC5CO)nc(N5C6CCC5COC6)n4)cc3)cc2)CC1. The molecule has 4 fully saturated rings. The van der Waals surface area contributed by atoms with E-state index < -0.39 is 0 Å². The van der Waals surface area contributed by atoms with Crippen molar-refractivity contribution in [1.82, 2.24) is 19.9 Å². The highest BCUT2D eigenvalue weighted by molar-refractivity contribution is 6.00. The van der Waals surface area contributed by atoms with Crippen molar-refractivity contribution >= 4 is 35.0 Å². The first-order valence-corrected chi connectivity index (χ1v) is 16.9. The van der Waals surface area contributed by atoms with Gasteiger partial charge in [-0.15, -0.1) is 0 Å². The second kappa shape index (κ2) is 14.0. The summed E-state index contributed by atoms with van der Waals surface area (Å²) in [5.41, 5.74) is 3.30. The molecule has 0 saturated carbocycles. The predicted octanol–water partition coefficient (Wildman–Crippen LogP) is 3.01. The molecular weight excluding hydrogens is 598 g/mol. The van der Waals surface area contributed by atoms with Crippen LogP contribution in [-0.2, 0) is 4.74 Å². The number of carbonyl (C=O) groups is 1. The number of piperazine rings is 1. The van der Waals surface area contributed by atoms with Gasteiger partial charge in [-0.1, -0.05) is 6.92 Å². The lowest BCUT2D eigenvalue weighted by molar-refractivity contribution is 0.0897. The summed E-state index contributed by atoms with van der Waals surface area (Å²) in [4.78, 5) is 36.6. The maximum atomic E-state index is 12.9. The number of nitrogens with one attached hydrogen (secondary N) is 2. The van der Waals surface area contributed by atoms with Crippen LogP contribution in [0.1, 0.15) is 32.6 Å².